The summed E-state index contributed by atoms with van der Waals surface area (Å²) in [7, 11) is 0. The summed E-state index contributed by atoms with van der Waals surface area (Å²) in [6, 6.07) is 13.0. The Morgan fingerprint density at radius 3 is 2.45 bits per heavy atom. The van der Waals surface area contributed by atoms with Gasteiger partial charge in [0.15, 0.2) is 0 Å². The van der Waals surface area contributed by atoms with Crippen LogP contribution in [0.1, 0.15) is 0 Å². The van der Waals surface area contributed by atoms with Crippen molar-refractivity contribution >= 4 is 17.3 Å². The lowest BCUT2D eigenvalue weighted by molar-refractivity contribution is -0.384. The number of hydrogen-bond donors (Lipinski definition) is 1. The number of nitro groups is 1. The van der Waals surface area contributed by atoms with Gasteiger partial charge in [-0.2, -0.15) is 0 Å². The zero-order valence-corrected chi connectivity index (χ0v) is 12.3. The zero-order chi connectivity index (χ0) is 15.9. The summed E-state index contributed by atoms with van der Waals surface area (Å²) in [6.07, 6.45) is -0.855. The van der Waals surface area contributed by atoms with Gasteiger partial charge in [0, 0.05) is 12.1 Å². The smallest absolute Gasteiger partial charge is 0.271 e. The average Bonchev–Trinajstić information content (AvgIpc) is 2.52. The van der Waals surface area contributed by atoms with Crippen molar-refractivity contribution < 1.29 is 19.5 Å². The van der Waals surface area contributed by atoms with Crippen molar-refractivity contribution in [2.75, 3.05) is 13.2 Å². The Labute approximate surface area is 132 Å². The summed E-state index contributed by atoms with van der Waals surface area (Å²) in [5.41, 5.74) is -0.120. The van der Waals surface area contributed by atoms with Crippen LogP contribution in [0.5, 0.6) is 11.5 Å². The van der Waals surface area contributed by atoms with E-state index in [2.05, 4.69) is 0 Å². The van der Waals surface area contributed by atoms with Gasteiger partial charge in [-0.3, -0.25) is 10.1 Å². The van der Waals surface area contributed by atoms with Crippen molar-refractivity contribution in [3.05, 3.63) is 63.7 Å². The van der Waals surface area contributed by atoms with Crippen molar-refractivity contribution in [2.24, 2.45) is 0 Å². The number of aliphatic hydroxyl groups is 1. The number of para-hydroxylation sites is 1. The Balaban J connectivity index is 1.83. The SMILES string of the molecule is O=[N+]([O-])c1ccc(OCC(O)COc2ccccc2)c(Cl)c1. The van der Waals surface area contributed by atoms with Gasteiger partial charge in [0.05, 0.1) is 9.95 Å². The second-order valence-electron chi connectivity index (χ2n) is 4.46. The molecular weight excluding hydrogens is 310 g/mol. The van der Waals surface area contributed by atoms with Gasteiger partial charge in [0.1, 0.15) is 30.8 Å². The molecule has 0 aromatic heterocycles. The van der Waals surface area contributed by atoms with Gasteiger partial charge in [-0.15, -0.1) is 0 Å². The lowest BCUT2D eigenvalue weighted by atomic mass is 10.3. The van der Waals surface area contributed by atoms with E-state index in [1.807, 2.05) is 18.2 Å². The molecule has 116 valence electrons. The standard InChI is InChI=1S/C15H14ClNO5/c16-14-8-11(17(19)20)6-7-15(14)22-10-12(18)9-21-13-4-2-1-3-5-13/h1-8,12,18H,9-10H2. The molecule has 0 aliphatic heterocycles. The van der Waals surface area contributed by atoms with E-state index in [0.717, 1.165) is 0 Å². The third-order valence-electron chi connectivity index (χ3n) is 2.74. The summed E-state index contributed by atoms with van der Waals surface area (Å²) in [4.78, 5) is 10.1. The number of aliphatic hydroxyl groups excluding tert-OH is 1. The average molecular weight is 324 g/mol. The van der Waals surface area contributed by atoms with Crippen molar-refractivity contribution in [1.82, 2.24) is 0 Å². The summed E-state index contributed by atoms with van der Waals surface area (Å²) in [5.74, 6) is 0.918. The maximum absolute atomic E-state index is 10.6. The molecule has 0 spiro atoms. The summed E-state index contributed by atoms with van der Waals surface area (Å²) >= 11 is 5.89. The van der Waals surface area contributed by atoms with Crippen LogP contribution in [0.3, 0.4) is 0 Å². The first-order valence-corrected chi connectivity index (χ1v) is 6.86. The predicted molar refractivity (Wildman–Crippen MR) is 81.5 cm³/mol. The molecule has 0 saturated heterocycles. The van der Waals surface area contributed by atoms with Crippen LogP contribution < -0.4 is 9.47 Å². The molecule has 7 heteroatoms. The first-order chi connectivity index (χ1) is 10.6. The Morgan fingerprint density at radius 1 is 1.14 bits per heavy atom. The molecule has 22 heavy (non-hydrogen) atoms. The Hall–Kier alpha value is -2.31. The molecule has 0 heterocycles. The lowest BCUT2D eigenvalue weighted by Crippen LogP contribution is -2.25. The zero-order valence-electron chi connectivity index (χ0n) is 11.5. The third kappa shape index (κ3) is 4.61. The molecule has 0 bridgehead atoms. The maximum Gasteiger partial charge on any atom is 0.271 e. The van der Waals surface area contributed by atoms with Gasteiger partial charge in [-0.05, 0) is 18.2 Å². The molecule has 2 aromatic carbocycles. The molecule has 2 rings (SSSR count). The molecule has 0 aliphatic carbocycles. The van der Waals surface area contributed by atoms with Crippen LogP contribution >= 0.6 is 11.6 Å². The molecule has 0 radical (unpaired) electrons. The molecule has 0 amide bonds. The monoisotopic (exact) mass is 323 g/mol. The molecule has 0 fully saturated rings. The number of benzene rings is 2. The molecule has 1 atom stereocenters. The van der Waals surface area contributed by atoms with Crippen LogP contribution in [0, 0.1) is 10.1 Å². The maximum atomic E-state index is 10.6. The van der Waals surface area contributed by atoms with E-state index in [1.165, 1.54) is 18.2 Å². The molecule has 0 aliphatic rings. The van der Waals surface area contributed by atoms with Crippen molar-refractivity contribution in [3.8, 4) is 11.5 Å². The van der Waals surface area contributed by atoms with Crippen molar-refractivity contribution in [1.29, 1.82) is 0 Å². The number of rotatable bonds is 7. The van der Waals surface area contributed by atoms with Crippen molar-refractivity contribution in [3.63, 3.8) is 0 Å². The fourth-order valence-electron chi connectivity index (χ4n) is 1.66. The van der Waals surface area contributed by atoms with E-state index in [-0.39, 0.29) is 29.7 Å². The van der Waals surface area contributed by atoms with Gasteiger partial charge in [-0.25, -0.2) is 0 Å². The first-order valence-electron chi connectivity index (χ1n) is 6.49. The minimum atomic E-state index is -0.855. The third-order valence-corrected chi connectivity index (χ3v) is 3.04. The highest BCUT2D eigenvalue weighted by Gasteiger charge is 2.12. The predicted octanol–water partition coefficient (Wildman–Crippen LogP) is 3.07. The number of nitro benzene ring substituents is 1. The molecule has 0 saturated carbocycles. The van der Waals surface area contributed by atoms with E-state index in [4.69, 9.17) is 21.1 Å². The largest absolute Gasteiger partial charge is 0.491 e. The van der Waals surface area contributed by atoms with E-state index in [9.17, 15) is 15.2 Å². The fraction of sp³-hybridized carbons (Fsp3) is 0.200. The second kappa shape index (κ2) is 7.63. The van der Waals surface area contributed by atoms with Crippen LogP contribution in [-0.4, -0.2) is 29.3 Å². The van der Waals surface area contributed by atoms with Gasteiger partial charge in [0.2, 0.25) is 0 Å². The minimum Gasteiger partial charge on any atom is -0.491 e. The number of non-ortho nitro benzene ring substituents is 1. The van der Waals surface area contributed by atoms with E-state index >= 15 is 0 Å². The number of ether oxygens (including phenoxy) is 2. The highest BCUT2D eigenvalue weighted by molar-refractivity contribution is 6.32. The van der Waals surface area contributed by atoms with Gasteiger partial charge >= 0.3 is 0 Å². The molecule has 1 N–H and O–H groups in total. The van der Waals surface area contributed by atoms with Gasteiger partial charge in [0.25, 0.3) is 5.69 Å². The first kappa shape index (κ1) is 16.1. The Bertz CT molecular complexity index is 635. The number of hydrogen-bond acceptors (Lipinski definition) is 5. The number of halogens is 1. The highest BCUT2D eigenvalue weighted by atomic mass is 35.5. The van der Waals surface area contributed by atoms with Crippen LogP contribution in [0.2, 0.25) is 5.02 Å². The van der Waals surface area contributed by atoms with E-state index in [0.29, 0.717) is 5.75 Å². The minimum absolute atomic E-state index is 0.0373. The molecular formula is C15H14ClNO5. The molecule has 1 unspecified atom stereocenters. The van der Waals surface area contributed by atoms with Crippen LogP contribution in [0.4, 0.5) is 5.69 Å². The Morgan fingerprint density at radius 2 is 1.82 bits per heavy atom. The second-order valence-corrected chi connectivity index (χ2v) is 4.87. The van der Waals surface area contributed by atoms with Crippen LogP contribution in [0.15, 0.2) is 48.5 Å². The Kier molecular flexibility index (Phi) is 5.57. The molecule has 2 aromatic rings. The van der Waals surface area contributed by atoms with E-state index in [1.54, 1.807) is 12.1 Å². The fourth-order valence-corrected chi connectivity index (χ4v) is 1.89. The van der Waals surface area contributed by atoms with Crippen molar-refractivity contribution in [2.45, 2.75) is 6.10 Å². The lowest BCUT2D eigenvalue weighted by Gasteiger charge is -2.14. The van der Waals surface area contributed by atoms with E-state index < -0.39 is 11.0 Å². The summed E-state index contributed by atoms with van der Waals surface area (Å²) in [6.45, 7) is 0.0268. The van der Waals surface area contributed by atoms with Gasteiger partial charge in [-0.1, -0.05) is 29.8 Å². The van der Waals surface area contributed by atoms with Crippen LogP contribution in [0.25, 0.3) is 0 Å². The number of nitrogens with zero attached hydrogens (tertiary/aromatic N) is 1. The van der Waals surface area contributed by atoms with Gasteiger partial charge < -0.3 is 14.6 Å². The highest BCUT2D eigenvalue weighted by Crippen LogP contribution is 2.28. The quantitative estimate of drug-likeness (QED) is 0.625. The topological polar surface area (TPSA) is 81.8 Å². The van der Waals surface area contributed by atoms with Crippen LogP contribution in [-0.2, 0) is 0 Å². The summed E-state index contributed by atoms with van der Waals surface area (Å²) in [5, 5.41) is 20.5. The summed E-state index contributed by atoms with van der Waals surface area (Å²) < 4.78 is 10.7. The molecule has 6 nitrogen and oxygen atoms in total. The normalized spacial score (nSPS) is 11.7.